The van der Waals surface area contributed by atoms with Gasteiger partial charge in [0.15, 0.2) is 5.75 Å². The van der Waals surface area contributed by atoms with Crippen molar-refractivity contribution in [2.24, 2.45) is 5.73 Å². The average molecular weight is 245 g/mol. The molecule has 0 saturated carbocycles. The van der Waals surface area contributed by atoms with Gasteiger partial charge in [0.1, 0.15) is 0 Å². The fraction of sp³-hybridized carbons (Fsp3) is 0.357. The largest absolute Gasteiger partial charge is 0.493 e. The maximum atomic E-state index is 5.83. The Bertz CT molecular complexity index is 532. The molecule has 4 heteroatoms. The standard InChI is InChI=1S/C14H19N3O/c1-10-6-13(5-4-12(10)7-11(2)15)17-9-14(18-3)8-16-17/h4-6,8-9,11H,7,15H2,1-3H3. The molecule has 1 heterocycles. The van der Waals surface area contributed by atoms with E-state index in [2.05, 4.69) is 30.2 Å². The van der Waals surface area contributed by atoms with Crippen LogP contribution >= 0.6 is 0 Å². The Hall–Kier alpha value is -1.81. The van der Waals surface area contributed by atoms with E-state index in [0.29, 0.717) is 0 Å². The van der Waals surface area contributed by atoms with Gasteiger partial charge in [0.2, 0.25) is 0 Å². The molecule has 2 rings (SSSR count). The number of nitrogens with zero attached hydrogens (tertiary/aromatic N) is 2. The number of benzene rings is 1. The third-order valence-electron chi connectivity index (χ3n) is 2.93. The van der Waals surface area contributed by atoms with Crippen LogP contribution in [0.5, 0.6) is 5.75 Å². The minimum absolute atomic E-state index is 0.180. The predicted octanol–water partition coefficient (Wildman–Crippen LogP) is 2.08. The molecule has 0 radical (unpaired) electrons. The molecule has 96 valence electrons. The summed E-state index contributed by atoms with van der Waals surface area (Å²) in [4.78, 5) is 0. The van der Waals surface area contributed by atoms with Gasteiger partial charge in [0.25, 0.3) is 0 Å². The number of aryl methyl sites for hydroxylation is 1. The van der Waals surface area contributed by atoms with Crippen molar-refractivity contribution in [2.75, 3.05) is 7.11 Å². The maximum absolute atomic E-state index is 5.83. The fourth-order valence-electron chi connectivity index (χ4n) is 1.95. The highest BCUT2D eigenvalue weighted by atomic mass is 16.5. The van der Waals surface area contributed by atoms with E-state index in [9.17, 15) is 0 Å². The zero-order chi connectivity index (χ0) is 13.1. The van der Waals surface area contributed by atoms with Gasteiger partial charge in [0, 0.05) is 6.04 Å². The van der Waals surface area contributed by atoms with Gasteiger partial charge in [-0.2, -0.15) is 5.10 Å². The molecule has 0 spiro atoms. The van der Waals surface area contributed by atoms with E-state index >= 15 is 0 Å². The van der Waals surface area contributed by atoms with Crippen molar-refractivity contribution in [2.45, 2.75) is 26.3 Å². The van der Waals surface area contributed by atoms with E-state index in [0.717, 1.165) is 17.9 Å². The zero-order valence-corrected chi connectivity index (χ0v) is 11.1. The van der Waals surface area contributed by atoms with Crippen LogP contribution in [0.3, 0.4) is 0 Å². The zero-order valence-electron chi connectivity index (χ0n) is 11.1. The Labute approximate surface area is 107 Å². The van der Waals surface area contributed by atoms with Crippen LogP contribution in [0.1, 0.15) is 18.1 Å². The normalized spacial score (nSPS) is 12.4. The van der Waals surface area contributed by atoms with Gasteiger partial charge in [0.05, 0.1) is 25.2 Å². The highest BCUT2D eigenvalue weighted by Gasteiger charge is 2.05. The SMILES string of the molecule is COc1cnn(-c2ccc(CC(C)N)c(C)c2)c1. The molecular formula is C14H19N3O. The first-order valence-corrected chi connectivity index (χ1v) is 6.04. The highest BCUT2D eigenvalue weighted by molar-refractivity contribution is 5.40. The summed E-state index contributed by atoms with van der Waals surface area (Å²) in [5.74, 6) is 0.757. The van der Waals surface area contributed by atoms with Crippen molar-refractivity contribution in [1.29, 1.82) is 0 Å². The van der Waals surface area contributed by atoms with Crippen molar-refractivity contribution in [3.05, 3.63) is 41.7 Å². The lowest BCUT2D eigenvalue weighted by molar-refractivity contribution is 0.414. The Kier molecular flexibility index (Phi) is 3.67. The van der Waals surface area contributed by atoms with Gasteiger partial charge in [-0.15, -0.1) is 0 Å². The molecule has 0 aliphatic rings. The van der Waals surface area contributed by atoms with Crippen molar-refractivity contribution >= 4 is 0 Å². The lowest BCUT2D eigenvalue weighted by atomic mass is 10.0. The summed E-state index contributed by atoms with van der Waals surface area (Å²) in [6.07, 6.45) is 4.46. The van der Waals surface area contributed by atoms with Crippen LogP contribution in [0.15, 0.2) is 30.6 Å². The average Bonchev–Trinajstić information content (AvgIpc) is 2.80. The van der Waals surface area contributed by atoms with Crippen LogP contribution in [0.4, 0.5) is 0 Å². The van der Waals surface area contributed by atoms with Crippen LogP contribution in [-0.4, -0.2) is 22.9 Å². The molecule has 1 aromatic heterocycles. The van der Waals surface area contributed by atoms with E-state index in [-0.39, 0.29) is 6.04 Å². The lowest BCUT2D eigenvalue weighted by Gasteiger charge is -2.10. The van der Waals surface area contributed by atoms with Crippen molar-refractivity contribution in [1.82, 2.24) is 9.78 Å². The molecule has 2 aromatic rings. The van der Waals surface area contributed by atoms with Crippen molar-refractivity contribution < 1.29 is 4.74 Å². The molecule has 0 fully saturated rings. The highest BCUT2D eigenvalue weighted by Crippen LogP contribution is 2.17. The number of aromatic nitrogens is 2. The molecule has 0 aliphatic heterocycles. The summed E-state index contributed by atoms with van der Waals surface area (Å²) >= 11 is 0. The second-order valence-electron chi connectivity index (χ2n) is 4.62. The molecule has 0 amide bonds. The third kappa shape index (κ3) is 2.71. The molecule has 1 aromatic carbocycles. The van der Waals surface area contributed by atoms with Crippen molar-refractivity contribution in [3.63, 3.8) is 0 Å². The van der Waals surface area contributed by atoms with Gasteiger partial charge >= 0.3 is 0 Å². The van der Waals surface area contributed by atoms with Crippen LogP contribution in [-0.2, 0) is 6.42 Å². The number of methoxy groups -OCH3 is 1. The van der Waals surface area contributed by atoms with Gasteiger partial charge < -0.3 is 10.5 Å². The van der Waals surface area contributed by atoms with Gasteiger partial charge in [-0.05, 0) is 43.5 Å². The smallest absolute Gasteiger partial charge is 0.157 e. The quantitative estimate of drug-likeness (QED) is 0.897. The van der Waals surface area contributed by atoms with E-state index in [1.54, 1.807) is 13.3 Å². The van der Waals surface area contributed by atoms with Crippen LogP contribution in [0.25, 0.3) is 5.69 Å². The number of nitrogens with two attached hydrogens (primary N) is 1. The maximum Gasteiger partial charge on any atom is 0.157 e. The number of rotatable bonds is 4. The molecule has 0 aliphatic carbocycles. The lowest BCUT2D eigenvalue weighted by Crippen LogP contribution is -2.18. The molecular weight excluding hydrogens is 226 g/mol. The fourth-order valence-corrected chi connectivity index (χ4v) is 1.95. The second kappa shape index (κ2) is 5.23. The molecule has 0 bridgehead atoms. The third-order valence-corrected chi connectivity index (χ3v) is 2.93. The Balaban J connectivity index is 2.28. The predicted molar refractivity (Wildman–Crippen MR) is 72.2 cm³/mol. The first-order chi connectivity index (χ1) is 8.60. The number of hydrogen-bond donors (Lipinski definition) is 1. The van der Waals surface area contributed by atoms with E-state index in [4.69, 9.17) is 10.5 Å². The molecule has 0 saturated heterocycles. The van der Waals surface area contributed by atoms with Gasteiger partial charge in [-0.25, -0.2) is 4.68 Å². The molecule has 4 nitrogen and oxygen atoms in total. The Morgan fingerprint density at radius 1 is 1.44 bits per heavy atom. The second-order valence-corrected chi connectivity index (χ2v) is 4.62. The summed E-state index contributed by atoms with van der Waals surface area (Å²) < 4.78 is 6.93. The molecule has 18 heavy (non-hydrogen) atoms. The molecule has 2 N–H and O–H groups in total. The minimum atomic E-state index is 0.180. The Morgan fingerprint density at radius 2 is 2.22 bits per heavy atom. The number of hydrogen-bond acceptors (Lipinski definition) is 3. The minimum Gasteiger partial charge on any atom is -0.493 e. The van der Waals surface area contributed by atoms with Crippen molar-refractivity contribution in [3.8, 4) is 11.4 Å². The molecule has 1 atom stereocenters. The summed E-state index contributed by atoms with van der Waals surface area (Å²) in [6, 6.07) is 6.46. The topological polar surface area (TPSA) is 53.1 Å². The van der Waals surface area contributed by atoms with E-state index in [1.165, 1.54) is 11.1 Å². The van der Waals surface area contributed by atoms with E-state index < -0.39 is 0 Å². The monoisotopic (exact) mass is 245 g/mol. The van der Waals surface area contributed by atoms with Crippen LogP contribution in [0.2, 0.25) is 0 Å². The summed E-state index contributed by atoms with van der Waals surface area (Å²) in [5, 5.41) is 4.26. The van der Waals surface area contributed by atoms with Gasteiger partial charge in [-0.1, -0.05) is 6.07 Å². The van der Waals surface area contributed by atoms with Crippen LogP contribution in [0, 0.1) is 6.92 Å². The summed E-state index contributed by atoms with van der Waals surface area (Å²) in [5.41, 5.74) is 9.38. The Morgan fingerprint density at radius 3 is 2.78 bits per heavy atom. The van der Waals surface area contributed by atoms with Gasteiger partial charge in [-0.3, -0.25) is 0 Å². The first kappa shape index (κ1) is 12.6. The summed E-state index contributed by atoms with van der Waals surface area (Å²) in [6.45, 7) is 4.12. The summed E-state index contributed by atoms with van der Waals surface area (Å²) in [7, 11) is 1.64. The van der Waals surface area contributed by atoms with E-state index in [1.807, 2.05) is 17.8 Å². The first-order valence-electron chi connectivity index (χ1n) is 6.04. The molecule has 1 unspecified atom stereocenters. The number of ether oxygens (including phenoxy) is 1. The van der Waals surface area contributed by atoms with Crippen LogP contribution < -0.4 is 10.5 Å².